The second-order valence-corrected chi connectivity index (χ2v) is 12.7. The van der Waals surface area contributed by atoms with Crippen molar-refractivity contribution in [3.8, 4) is 0 Å². The first-order valence-electron chi connectivity index (χ1n) is 13.9. The molecule has 2 fully saturated rings. The molecule has 1 aliphatic carbocycles. The first kappa shape index (κ1) is 29.2. The number of rotatable bonds is 5. The van der Waals surface area contributed by atoms with Crippen molar-refractivity contribution >= 4 is 39.9 Å². The average molecular weight is 589 g/mol. The Labute approximate surface area is 241 Å². The summed E-state index contributed by atoms with van der Waals surface area (Å²) in [5.74, 6) is -0.689. The summed E-state index contributed by atoms with van der Waals surface area (Å²) in [5.41, 5.74) is 0.117. The minimum Gasteiger partial charge on any atom is -0.444 e. The van der Waals surface area contributed by atoms with Gasteiger partial charge >= 0.3 is 12.3 Å². The minimum absolute atomic E-state index is 0.115. The lowest BCUT2D eigenvalue weighted by molar-refractivity contribution is -0.141. The van der Waals surface area contributed by atoms with E-state index in [-0.39, 0.29) is 36.0 Å². The molecule has 41 heavy (non-hydrogen) atoms. The number of ether oxygens (including phenoxy) is 1. The van der Waals surface area contributed by atoms with Crippen LogP contribution in [0.15, 0.2) is 47.2 Å². The third-order valence-electron chi connectivity index (χ3n) is 7.67. The van der Waals surface area contributed by atoms with Gasteiger partial charge in [0.25, 0.3) is 0 Å². The predicted molar refractivity (Wildman–Crippen MR) is 153 cm³/mol. The van der Waals surface area contributed by atoms with E-state index in [0.29, 0.717) is 24.0 Å². The maximum atomic E-state index is 13.6. The number of para-hydroxylation sites is 1. The van der Waals surface area contributed by atoms with Gasteiger partial charge in [0.05, 0.1) is 11.4 Å². The number of amides is 2. The Bertz CT molecular complexity index is 1390. The van der Waals surface area contributed by atoms with Crippen molar-refractivity contribution in [1.29, 1.82) is 0 Å². The number of carbonyl (C=O) groups excluding carboxylic acids is 2. The van der Waals surface area contributed by atoms with Crippen molar-refractivity contribution in [3.05, 3.63) is 58.4 Å². The first-order chi connectivity index (χ1) is 19.4. The van der Waals surface area contributed by atoms with Gasteiger partial charge in [-0.2, -0.15) is 24.5 Å². The molecule has 0 unspecified atom stereocenters. The molecule has 3 aromatic rings. The number of halogens is 3. The third-order valence-corrected chi connectivity index (χ3v) is 8.37. The molecule has 2 N–H and O–H groups in total. The lowest BCUT2D eigenvalue weighted by Crippen LogP contribution is -2.45. The van der Waals surface area contributed by atoms with E-state index in [4.69, 9.17) is 4.74 Å². The fourth-order valence-corrected chi connectivity index (χ4v) is 6.51. The molecule has 0 radical (unpaired) electrons. The lowest BCUT2D eigenvalue weighted by atomic mass is 9.87. The summed E-state index contributed by atoms with van der Waals surface area (Å²) in [5, 5.41) is 11.1. The molecule has 2 aromatic heterocycles. The molecule has 0 spiro atoms. The van der Waals surface area contributed by atoms with Crippen LogP contribution in [0.5, 0.6) is 0 Å². The number of carbonyl (C=O) groups is 2. The molecule has 1 aromatic carbocycles. The number of anilines is 1. The lowest BCUT2D eigenvalue weighted by Gasteiger charge is -2.32. The molecule has 11 heteroatoms. The first-order valence-corrected chi connectivity index (χ1v) is 14.9. The minimum atomic E-state index is -4.56. The fraction of sp³-hybridized carbons (Fsp3) is 0.500. The summed E-state index contributed by atoms with van der Waals surface area (Å²) < 4.78 is 46.2. The summed E-state index contributed by atoms with van der Waals surface area (Å²) in [6, 6.07) is 9.58. The monoisotopic (exact) mass is 588 g/mol. The number of likely N-dealkylation sites (tertiary alicyclic amines) is 1. The van der Waals surface area contributed by atoms with Crippen molar-refractivity contribution in [1.82, 2.24) is 15.2 Å². The molecule has 4 atom stereocenters. The van der Waals surface area contributed by atoms with Crippen LogP contribution in [0, 0.1) is 5.92 Å². The van der Waals surface area contributed by atoms with Crippen molar-refractivity contribution in [2.24, 2.45) is 5.92 Å². The number of nitrogens with zero attached hydrogens (tertiary/aromatic N) is 2. The highest BCUT2D eigenvalue weighted by Crippen LogP contribution is 2.37. The normalized spacial score (nSPS) is 23.4. The van der Waals surface area contributed by atoms with E-state index in [2.05, 4.69) is 15.6 Å². The van der Waals surface area contributed by atoms with Gasteiger partial charge in [-0.15, -0.1) is 0 Å². The molecular formula is C30H35F3N4O3S. The van der Waals surface area contributed by atoms with Crippen LogP contribution < -0.4 is 10.6 Å². The van der Waals surface area contributed by atoms with Gasteiger partial charge in [0.2, 0.25) is 5.91 Å². The van der Waals surface area contributed by atoms with Gasteiger partial charge in [0.1, 0.15) is 11.3 Å². The number of benzene rings is 1. The number of aromatic nitrogens is 1. The quantitative estimate of drug-likeness (QED) is 0.342. The largest absolute Gasteiger partial charge is 0.444 e. The van der Waals surface area contributed by atoms with Crippen molar-refractivity contribution < 1.29 is 27.5 Å². The Morgan fingerprint density at radius 1 is 1.07 bits per heavy atom. The Morgan fingerprint density at radius 3 is 2.54 bits per heavy atom. The van der Waals surface area contributed by atoms with Gasteiger partial charge in [-0.25, -0.2) is 9.78 Å². The highest BCUT2D eigenvalue weighted by Gasteiger charge is 2.42. The highest BCUT2D eigenvalue weighted by molar-refractivity contribution is 7.08. The van der Waals surface area contributed by atoms with Gasteiger partial charge in [-0.3, -0.25) is 4.79 Å². The Kier molecular flexibility index (Phi) is 8.18. The van der Waals surface area contributed by atoms with E-state index < -0.39 is 29.5 Å². The summed E-state index contributed by atoms with van der Waals surface area (Å²) in [7, 11) is 0. The van der Waals surface area contributed by atoms with Crippen LogP contribution >= 0.6 is 11.3 Å². The number of nitrogens with one attached hydrogen (secondary N) is 2. The third kappa shape index (κ3) is 6.94. The topological polar surface area (TPSA) is 83.6 Å². The molecule has 2 aliphatic rings. The van der Waals surface area contributed by atoms with Gasteiger partial charge < -0.3 is 20.3 Å². The van der Waals surface area contributed by atoms with Crippen molar-refractivity contribution in [2.75, 3.05) is 18.4 Å². The number of hydrogen-bond acceptors (Lipinski definition) is 6. The van der Waals surface area contributed by atoms with E-state index in [1.54, 1.807) is 40.5 Å². The SMILES string of the molecule is CC(C)(C)OC(=O)N1C[C@H](C(=O)N[C@@H]2CCC[C@H](Nc3cc(C(F)(F)F)nc4ccccc34)C2)[C@@H](c2ccsc2)C1. The fourth-order valence-electron chi connectivity index (χ4n) is 5.79. The Balaban J connectivity index is 1.28. The van der Waals surface area contributed by atoms with Gasteiger partial charge in [-0.05, 0) is 81.0 Å². The van der Waals surface area contributed by atoms with E-state index in [9.17, 15) is 22.8 Å². The molecule has 5 rings (SSSR count). The predicted octanol–water partition coefficient (Wildman–Crippen LogP) is 6.81. The van der Waals surface area contributed by atoms with Crippen LogP contribution in [0.25, 0.3) is 10.9 Å². The summed E-state index contributed by atoms with van der Waals surface area (Å²) >= 11 is 1.55. The van der Waals surface area contributed by atoms with Crippen LogP contribution in [0.1, 0.15) is 63.6 Å². The van der Waals surface area contributed by atoms with E-state index in [0.717, 1.165) is 30.9 Å². The average Bonchev–Trinajstić information content (AvgIpc) is 3.58. The molecule has 3 heterocycles. The van der Waals surface area contributed by atoms with Crippen molar-refractivity contribution in [3.63, 3.8) is 0 Å². The Morgan fingerprint density at radius 2 is 1.83 bits per heavy atom. The molecule has 2 amide bonds. The van der Waals surface area contributed by atoms with Crippen LogP contribution in [-0.2, 0) is 15.7 Å². The molecule has 7 nitrogen and oxygen atoms in total. The summed E-state index contributed by atoms with van der Waals surface area (Å²) in [6.07, 6.45) is -2.04. The van der Waals surface area contributed by atoms with Crippen LogP contribution in [0.3, 0.4) is 0 Å². The van der Waals surface area contributed by atoms with Crippen LogP contribution in [0.4, 0.5) is 23.7 Å². The summed E-state index contributed by atoms with van der Waals surface area (Å²) in [6.45, 7) is 6.10. The van der Waals surface area contributed by atoms with Crippen LogP contribution in [-0.4, -0.2) is 52.7 Å². The van der Waals surface area contributed by atoms with Gasteiger partial charge in [-0.1, -0.05) is 18.2 Å². The standard InChI is InChI=1S/C30H35F3N4O3S/c1-29(2,3)40-28(39)37-15-22(18-11-12-41-17-18)23(16-37)27(38)35-20-8-6-7-19(13-20)34-25-14-26(30(31,32)33)36-24-10-5-4-9-21(24)25/h4-5,9-12,14,17,19-20,22-23H,6-8,13,15-16H2,1-3H3,(H,34,36)(H,35,38)/t19-,20+,22+,23-/m0/s1. The van der Waals surface area contributed by atoms with E-state index >= 15 is 0 Å². The molecule has 220 valence electrons. The molecule has 1 saturated carbocycles. The maximum Gasteiger partial charge on any atom is 0.433 e. The molecule has 1 aliphatic heterocycles. The number of alkyl halides is 3. The Hall–Kier alpha value is -3.34. The zero-order valence-electron chi connectivity index (χ0n) is 23.3. The highest BCUT2D eigenvalue weighted by atomic mass is 32.1. The van der Waals surface area contributed by atoms with Gasteiger partial charge in [0.15, 0.2) is 0 Å². The van der Waals surface area contributed by atoms with Crippen molar-refractivity contribution in [2.45, 2.75) is 76.2 Å². The second-order valence-electron chi connectivity index (χ2n) is 11.9. The van der Waals surface area contributed by atoms with E-state index in [1.807, 2.05) is 37.6 Å². The molecular weight excluding hydrogens is 553 g/mol. The molecule has 0 bridgehead atoms. The maximum absolute atomic E-state index is 13.6. The van der Waals surface area contributed by atoms with Crippen LogP contribution in [0.2, 0.25) is 0 Å². The zero-order chi connectivity index (χ0) is 29.4. The molecule has 1 saturated heterocycles. The number of fused-ring (bicyclic) bond motifs is 1. The number of pyridine rings is 1. The second kappa shape index (κ2) is 11.5. The zero-order valence-corrected chi connectivity index (χ0v) is 24.1. The van der Waals surface area contributed by atoms with Gasteiger partial charge in [0, 0.05) is 42.2 Å². The summed E-state index contributed by atoms with van der Waals surface area (Å²) in [4.78, 5) is 31.9. The van der Waals surface area contributed by atoms with E-state index in [1.165, 1.54) is 0 Å². The number of hydrogen-bond donors (Lipinski definition) is 2. The number of thiophene rings is 1. The smallest absolute Gasteiger partial charge is 0.433 e.